The van der Waals surface area contributed by atoms with E-state index in [1.165, 1.54) is 0 Å². The first kappa shape index (κ1) is 22.9. The molecule has 25 heavy (non-hydrogen) atoms. The van der Waals surface area contributed by atoms with Gasteiger partial charge in [0.25, 0.3) is 0 Å². The molecule has 0 aromatic rings. The molecule has 0 saturated carbocycles. The standard InChI is InChI=1S/C16H31N3O4S.HI/c1-5-17-14(18-12-16(22-4)6-9-23-10-7-16)19-8-11-24(20,21)15(2,3)13-19;/h5-13H2,1-4H3,(H,17,18);1H. The van der Waals surface area contributed by atoms with Crippen LogP contribution in [0.15, 0.2) is 4.99 Å². The van der Waals surface area contributed by atoms with Crippen molar-refractivity contribution < 1.29 is 17.9 Å². The summed E-state index contributed by atoms with van der Waals surface area (Å²) in [6.07, 6.45) is 1.65. The molecule has 148 valence electrons. The molecule has 2 fully saturated rings. The predicted octanol–water partition coefficient (Wildman–Crippen LogP) is 1.27. The van der Waals surface area contributed by atoms with Gasteiger partial charge in [0.15, 0.2) is 15.8 Å². The molecular weight excluding hydrogens is 457 g/mol. The normalized spacial score (nSPS) is 25.1. The molecule has 0 atom stereocenters. The molecule has 2 rings (SSSR count). The maximum absolute atomic E-state index is 12.2. The second-order valence-electron chi connectivity index (χ2n) is 7.17. The molecule has 7 nitrogen and oxygen atoms in total. The Balaban J connectivity index is 0.00000312. The average molecular weight is 489 g/mol. The minimum Gasteiger partial charge on any atom is -0.381 e. The van der Waals surface area contributed by atoms with Crippen molar-refractivity contribution in [1.82, 2.24) is 10.2 Å². The van der Waals surface area contributed by atoms with Gasteiger partial charge in [0.1, 0.15) is 0 Å². The van der Waals surface area contributed by atoms with E-state index >= 15 is 0 Å². The van der Waals surface area contributed by atoms with Crippen molar-refractivity contribution in [3.05, 3.63) is 0 Å². The Bertz CT molecular complexity index is 560. The van der Waals surface area contributed by atoms with Gasteiger partial charge in [-0.05, 0) is 20.8 Å². The van der Waals surface area contributed by atoms with E-state index in [0.29, 0.717) is 32.8 Å². The van der Waals surface area contributed by atoms with Crippen LogP contribution < -0.4 is 5.32 Å². The molecule has 0 aromatic carbocycles. The summed E-state index contributed by atoms with van der Waals surface area (Å²) in [7, 11) is -1.33. The lowest BCUT2D eigenvalue weighted by molar-refractivity contribution is -0.0829. The minimum absolute atomic E-state index is 0. The maximum Gasteiger partial charge on any atom is 0.194 e. The van der Waals surface area contributed by atoms with Crippen LogP contribution in [-0.2, 0) is 19.3 Å². The van der Waals surface area contributed by atoms with Crippen LogP contribution in [0.5, 0.6) is 0 Å². The Hall–Kier alpha value is -0.130. The zero-order valence-electron chi connectivity index (χ0n) is 15.7. The van der Waals surface area contributed by atoms with Crippen LogP contribution in [0.3, 0.4) is 0 Å². The van der Waals surface area contributed by atoms with Crippen LogP contribution in [0, 0.1) is 0 Å². The van der Waals surface area contributed by atoms with Gasteiger partial charge in [0, 0.05) is 52.8 Å². The van der Waals surface area contributed by atoms with Crippen LogP contribution in [0.1, 0.15) is 33.6 Å². The molecule has 0 aromatic heterocycles. The van der Waals surface area contributed by atoms with E-state index in [9.17, 15) is 8.42 Å². The van der Waals surface area contributed by atoms with Crippen molar-refractivity contribution in [1.29, 1.82) is 0 Å². The molecule has 9 heteroatoms. The van der Waals surface area contributed by atoms with Gasteiger partial charge in [-0.25, -0.2) is 8.42 Å². The topological polar surface area (TPSA) is 80.2 Å². The molecule has 2 saturated heterocycles. The highest BCUT2D eigenvalue weighted by atomic mass is 127. The zero-order chi connectivity index (χ0) is 17.8. The number of halogens is 1. The molecule has 0 spiro atoms. The van der Waals surface area contributed by atoms with E-state index in [1.54, 1.807) is 21.0 Å². The molecule has 2 aliphatic rings. The highest BCUT2D eigenvalue weighted by Gasteiger charge is 2.41. The lowest BCUT2D eigenvalue weighted by Crippen LogP contribution is -2.57. The van der Waals surface area contributed by atoms with Crippen molar-refractivity contribution >= 4 is 39.8 Å². The van der Waals surface area contributed by atoms with E-state index in [2.05, 4.69) is 5.32 Å². The summed E-state index contributed by atoms with van der Waals surface area (Å²) in [4.78, 5) is 6.82. The largest absolute Gasteiger partial charge is 0.381 e. The summed E-state index contributed by atoms with van der Waals surface area (Å²) < 4.78 is 34.8. The number of ether oxygens (including phenoxy) is 2. The fourth-order valence-electron chi connectivity index (χ4n) is 3.14. The molecular formula is C16H32IN3O4S. The SMILES string of the molecule is CCNC(=NCC1(OC)CCOCC1)N1CCS(=O)(=O)C(C)(C)C1.I. The highest BCUT2D eigenvalue weighted by Crippen LogP contribution is 2.26. The Kier molecular flexibility index (Phi) is 8.42. The summed E-state index contributed by atoms with van der Waals surface area (Å²) in [5.74, 6) is 0.927. The first-order valence-corrected chi connectivity index (χ1v) is 10.3. The third kappa shape index (κ3) is 5.43. The van der Waals surface area contributed by atoms with Crippen molar-refractivity contribution in [2.75, 3.05) is 52.3 Å². The van der Waals surface area contributed by atoms with Gasteiger partial charge in [-0.3, -0.25) is 4.99 Å². The lowest BCUT2D eigenvalue weighted by Gasteiger charge is -2.40. The number of hydrogen-bond donors (Lipinski definition) is 1. The number of hydrogen-bond acceptors (Lipinski definition) is 5. The number of rotatable bonds is 4. The number of sulfone groups is 1. The second-order valence-corrected chi connectivity index (χ2v) is 9.91. The number of guanidine groups is 1. The highest BCUT2D eigenvalue weighted by molar-refractivity contribution is 14.0. The number of methoxy groups -OCH3 is 1. The van der Waals surface area contributed by atoms with E-state index in [1.807, 2.05) is 11.8 Å². The molecule has 2 heterocycles. The van der Waals surface area contributed by atoms with Gasteiger partial charge < -0.3 is 19.7 Å². The monoisotopic (exact) mass is 489 g/mol. The van der Waals surface area contributed by atoms with Gasteiger partial charge in [-0.2, -0.15) is 0 Å². The fraction of sp³-hybridized carbons (Fsp3) is 0.938. The fourth-order valence-corrected chi connectivity index (χ4v) is 4.51. The van der Waals surface area contributed by atoms with Gasteiger partial charge in [0.2, 0.25) is 0 Å². The summed E-state index contributed by atoms with van der Waals surface area (Å²) in [6, 6.07) is 0. The molecule has 1 N–H and O–H groups in total. The summed E-state index contributed by atoms with van der Waals surface area (Å²) in [5, 5.41) is 3.29. The summed E-state index contributed by atoms with van der Waals surface area (Å²) in [5.41, 5.74) is -0.281. The molecule has 0 unspecified atom stereocenters. The first-order chi connectivity index (χ1) is 11.3. The van der Waals surface area contributed by atoms with Crippen LogP contribution in [0.4, 0.5) is 0 Å². The van der Waals surface area contributed by atoms with E-state index in [-0.39, 0.29) is 35.3 Å². The van der Waals surface area contributed by atoms with Crippen LogP contribution >= 0.6 is 24.0 Å². The van der Waals surface area contributed by atoms with Gasteiger partial charge in [-0.1, -0.05) is 0 Å². The van der Waals surface area contributed by atoms with Gasteiger partial charge in [0.05, 0.1) is 22.6 Å². The quantitative estimate of drug-likeness (QED) is 0.364. The third-order valence-corrected chi connectivity index (χ3v) is 7.56. The first-order valence-electron chi connectivity index (χ1n) is 8.64. The summed E-state index contributed by atoms with van der Waals surface area (Å²) in [6.45, 7) is 9.18. The second kappa shape index (κ2) is 9.18. The smallest absolute Gasteiger partial charge is 0.194 e. The summed E-state index contributed by atoms with van der Waals surface area (Å²) >= 11 is 0. The molecule has 0 bridgehead atoms. The van der Waals surface area contributed by atoms with E-state index < -0.39 is 14.6 Å². The van der Waals surface area contributed by atoms with Gasteiger partial charge >= 0.3 is 0 Å². The van der Waals surface area contributed by atoms with Crippen molar-refractivity contribution in [2.45, 2.75) is 44.0 Å². The molecule has 0 radical (unpaired) electrons. The van der Waals surface area contributed by atoms with E-state index in [0.717, 1.165) is 25.3 Å². The van der Waals surface area contributed by atoms with Crippen LogP contribution in [0.2, 0.25) is 0 Å². The number of nitrogens with one attached hydrogen (secondary N) is 1. The number of nitrogens with zero attached hydrogens (tertiary/aromatic N) is 2. The average Bonchev–Trinajstić information content (AvgIpc) is 2.55. The van der Waals surface area contributed by atoms with Crippen molar-refractivity contribution in [3.8, 4) is 0 Å². The Labute approximate surface area is 168 Å². The minimum atomic E-state index is -3.06. The zero-order valence-corrected chi connectivity index (χ0v) is 18.9. The molecule has 0 aliphatic carbocycles. The lowest BCUT2D eigenvalue weighted by atomic mass is 9.94. The van der Waals surface area contributed by atoms with Crippen LogP contribution in [-0.4, -0.2) is 81.9 Å². The van der Waals surface area contributed by atoms with Gasteiger partial charge in [-0.15, -0.1) is 24.0 Å². The Morgan fingerprint density at radius 2 is 1.96 bits per heavy atom. The predicted molar refractivity (Wildman–Crippen MR) is 111 cm³/mol. The number of aliphatic imine (C=N–C) groups is 1. The van der Waals surface area contributed by atoms with E-state index in [4.69, 9.17) is 14.5 Å². The molecule has 2 aliphatic heterocycles. The Morgan fingerprint density at radius 1 is 1.32 bits per heavy atom. The Morgan fingerprint density at radius 3 is 2.48 bits per heavy atom. The van der Waals surface area contributed by atoms with Crippen molar-refractivity contribution in [2.24, 2.45) is 4.99 Å². The maximum atomic E-state index is 12.2. The molecule has 0 amide bonds. The van der Waals surface area contributed by atoms with Crippen LogP contribution in [0.25, 0.3) is 0 Å². The van der Waals surface area contributed by atoms with Crippen molar-refractivity contribution in [3.63, 3.8) is 0 Å². The third-order valence-electron chi connectivity index (χ3n) is 5.03.